The molecule has 1 amide bonds. The van der Waals surface area contributed by atoms with E-state index in [4.69, 9.17) is 4.74 Å². The van der Waals surface area contributed by atoms with E-state index in [1.807, 2.05) is 12.3 Å². The first-order chi connectivity index (χ1) is 10.2. The number of nitrogens with one attached hydrogen (secondary N) is 1. The number of aromatic nitrogens is 1. The summed E-state index contributed by atoms with van der Waals surface area (Å²) in [5, 5.41) is 5.89. The normalized spacial score (nSPS) is 24.3. The molecule has 2 aliphatic heterocycles. The number of carbonyl (C=O) groups excluding carboxylic acids is 1. The number of aryl methyl sites for hydroxylation is 1. The number of thiazole rings is 1. The molecule has 0 spiro atoms. The van der Waals surface area contributed by atoms with Gasteiger partial charge in [0.05, 0.1) is 11.6 Å². The van der Waals surface area contributed by atoms with Gasteiger partial charge in [-0.2, -0.15) is 0 Å². The molecule has 1 aromatic heterocycles. The fourth-order valence-electron chi connectivity index (χ4n) is 3.08. The van der Waals surface area contributed by atoms with E-state index in [0.717, 1.165) is 50.7 Å². The summed E-state index contributed by atoms with van der Waals surface area (Å²) in [5.41, 5.74) is 0.558. The predicted octanol–water partition coefficient (Wildman–Crippen LogP) is 1.68. The fourth-order valence-corrected chi connectivity index (χ4v) is 3.67. The number of carbonyl (C=O) groups is 1. The van der Waals surface area contributed by atoms with E-state index >= 15 is 0 Å². The van der Waals surface area contributed by atoms with Gasteiger partial charge < -0.3 is 15.0 Å². The molecule has 3 rings (SSSR count). The zero-order valence-electron chi connectivity index (χ0n) is 12.5. The van der Waals surface area contributed by atoms with Gasteiger partial charge in [-0.25, -0.2) is 4.98 Å². The number of nitrogens with zero attached hydrogens (tertiary/aromatic N) is 2. The molecule has 2 saturated heterocycles. The second-order valence-corrected chi connectivity index (χ2v) is 7.09. The van der Waals surface area contributed by atoms with E-state index in [-0.39, 0.29) is 11.9 Å². The van der Waals surface area contributed by atoms with Crippen molar-refractivity contribution < 1.29 is 9.53 Å². The average Bonchev–Trinajstić information content (AvgIpc) is 3.12. The van der Waals surface area contributed by atoms with E-state index in [2.05, 4.69) is 15.2 Å². The Labute approximate surface area is 129 Å². The zero-order chi connectivity index (χ0) is 14.7. The maximum absolute atomic E-state index is 12.1. The number of amides is 1. The van der Waals surface area contributed by atoms with Crippen LogP contribution in [0.25, 0.3) is 0 Å². The molecule has 0 saturated carbocycles. The van der Waals surface area contributed by atoms with Crippen LogP contribution in [0.4, 0.5) is 0 Å². The number of ether oxygens (including phenoxy) is 1. The van der Waals surface area contributed by atoms with Gasteiger partial charge in [-0.3, -0.25) is 4.79 Å². The fraction of sp³-hybridized carbons (Fsp3) is 0.733. The van der Waals surface area contributed by atoms with E-state index in [1.54, 1.807) is 0 Å². The molecular weight excluding hydrogens is 286 g/mol. The minimum atomic E-state index is -0.0259. The van der Waals surface area contributed by atoms with Gasteiger partial charge in [0.25, 0.3) is 5.91 Å². The molecule has 6 heteroatoms. The van der Waals surface area contributed by atoms with Gasteiger partial charge in [0.2, 0.25) is 0 Å². The number of piperidine rings is 1. The van der Waals surface area contributed by atoms with Crippen LogP contribution in [0.1, 0.15) is 34.8 Å². The Bertz CT molecular complexity index is 477. The van der Waals surface area contributed by atoms with Crippen molar-refractivity contribution >= 4 is 17.2 Å². The molecule has 116 valence electrons. The summed E-state index contributed by atoms with van der Waals surface area (Å²) in [6.07, 6.45) is 3.25. The lowest BCUT2D eigenvalue weighted by Gasteiger charge is -2.33. The van der Waals surface area contributed by atoms with Crippen molar-refractivity contribution in [1.29, 1.82) is 0 Å². The monoisotopic (exact) mass is 309 g/mol. The van der Waals surface area contributed by atoms with E-state index < -0.39 is 0 Å². The third-order valence-corrected chi connectivity index (χ3v) is 5.09. The summed E-state index contributed by atoms with van der Waals surface area (Å²) in [4.78, 5) is 18.8. The zero-order valence-corrected chi connectivity index (χ0v) is 13.3. The average molecular weight is 309 g/mol. The summed E-state index contributed by atoms with van der Waals surface area (Å²) >= 11 is 1.52. The Hall–Kier alpha value is -0.980. The molecule has 0 aliphatic carbocycles. The first-order valence-corrected chi connectivity index (χ1v) is 8.62. The molecular formula is C15H23N3O2S. The smallest absolute Gasteiger partial charge is 0.270 e. The van der Waals surface area contributed by atoms with Crippen molar-refractivity contribution in [1.82, 2.24) is 15.2 Å². The second kappa shape index (κ2) is 6.85. The first kappa shape index (κ1) is 14.9. The van der Waals surface area contributed by atoms with Gasteiger partial charge in [0.15, 0.2) is 0 Å². The lowest BCUT2D eigenvalue weighted by molar-refractivity contribution is 0.0899. The largest absolute Gasteiger partial charge is 0.381 e. The van der Waals surface area contributed by atoms with Gasteiger partial charge in [-0.15, -0.1) is 11.3 Å². The Morgan fingerprint density at radius 3 is 2.90 bits per heavy atom. The summed E-state index contributed by atoms with van der Waals surface area (Å²) < 4.78 is 5.43. The van der Waals surface area contributed by atoms with Crippen LogP contribution >= 0.6 is 11.3 Å². The molecule has 1 atom stereocenters. The van der Waals surface area contributed by atoms with Crippen molar-refractivity contribution in [2.24, 2.45) is 5.92 Å². The molecule has 21 heavy (non-hydrogen) atoms. The summed E-state index contributed by atoms with van der Waals surface area (Å²) in [6.45, 7) is 7.04. The number of likely N-dealkylation sites (tertiary alicyclic amines) is 1. The molecule has 0 bridgehead atoms. The number of rotatable bonds is 4. The lowest BCUT2D eigenvalue weighted by atomic mass is 10.0. The van der Waals surface area contributed by atoms with Gasteiger partial charge in [0.1, 0.15) is 5.69 Å². The quantitative estimate of drug-likeness (QED) is 0.919. The SMILES string of the molecule is Cc1nc(C(=O)NC2CCN(CC3CCOC3)CC2)cs1. The molecule has 1 aromatic rings. The van der Waals surface area contributed by atoms with Crippen LogP contribution in [0.15, 0.2) is 5.38 Å². The van der Waals surface area contributed by atoms with Crippen molar-refractivity contribution in [3.8, 4) is 0 Å². The first-order valence-electron chi connectivity index (χ1n) is 7.74. The van der Waals surface area contributed by atoms with E-state index in [0.29, 0.717) is 11.6 Å². The standard InChI is InChI=1S/C15H23N3O2S/c1-11-16-14(10-21-11)15(19)17-13-2-5-18(6-3-13)8-12-4-7-20-9-12/h10,12-13H,2-9H2,1H3,(H,17,19). The Balaban J connectivity index is 1.42. The minimum absolute atomic E-state index is 0.0259. The van der Waals surface area contributed by atoms with Gasteiger partial charge in [-0.05, 0) is 32.1 Å². The van der Waals surface area contributed by atoms with Crippen LogP contribution in [0.2, 0.25) is 0 Å². The highest BCUT2D eigenvalue weighted by Crippen LogP contribution is 2.18. The topological polar surface area (TPSA) is 54.5 Å². The third kappa shape index (κ3) is 4.02. The van der Waals surface area contributed by atoms with Crippen LogP contribution in [0, 0.1) is 12.8 Å². The van der Waals surface area contributed by atoms with Crippen LogP contribution in [-0.2, 0) is 4.74 Å². The highest BCUT2D eigenvalue weighted by Gasteiger charge is 2.25. The summed E-state index contributed by atoms with van der Waals surface area (Å²) in [5.74, 6) is 0.677. The molecule has 1 N–H and O–H groups in total. The molecule has 0 radical (unpaired) electrons. The van der Waals surface area contributed by atoms with Crippen LogP contribution in [0.3, 0.4) is 0 Å². The van der Waals surface area contributed by atoms with E-state index in [9.17, 15) is 4.79 Å². The molecule has 2 aliphatic rings. The van der Waals surface area contributed by atoms with Gasteiger partial charge in [0, 0.05) is 37.7 Å². The van der Waals surface area contributed by atoms with Gasteiger partial charge >= 0.3 is 0 Å². The maximum Gasteiger partial charge on any atom is 0.270 e. The molecule has 2 fully saturated rings. The maximum atomic E-state index is 12.1. The summed E-state index contributed by atoms with van der Waals surface area (Å²) in [7, 11) is 0. The van der Waals surface area contributed by atoms with Crippen molar-refractivity contribution in [3.63, 3.8) is 0 Å². The minimum Gasteiger partial charge on any atom is -0.381 e. The predicted molar refractivity (Wildman–Crippen MR) is 82.7 cm³/mol. The van der Waals surface area contributed by atoms with Crippen LogP contribution in [-0.4, -0.2) is 54.7 Å². The third-order valence-electron chi connectivity index (χ3n) is 4.31. The highest BCUT2D eigenvalue weighted by atomic mass is 32.1. The molecule has 3 heterocycles. The lowest BCUT2D eigenvalue weighted by Crippen LogP contribution is -2.45. The van der Waals surface area contributed by atoms with Crippen molar-refractivity contribution in [2.75, 3.05) is 32.8 Å². The van der Waals surface area contributed by atoms with E-state index in [1.165, 1.54) is 17.8 Å². The number of hydrogen-bond donors (Lipinski definition) is 1. The Morgan fingerprint density at radius 1 is 1.48 bits per heavy atom. The summed E-state index contributed by atoms with van der Waals surface area (Å²) in [6, 6.07) is 0.288. The number of hydrogen-bond acceptors (Lipinski definition) is 5. The van der Waals surface area contributed by atoms with Crippen molar-refractivity contribution in [2.45, 2.75) is 32.2 Å². The molecule has 0 aromatic carbocycles. The highest BCUT2D eigenvalue weighted by molar-refractivity contribution is 7.09. The van der Waals surface area contributed by atoms with Crippen molar-refractivity contribution in [3.05, 3.63) is 16.1 Å². The van der Waals surface area contributed by atoms with Crippen LogP contribution < -0.4 is 5.32 Å². The Morgan fingerprint density at radius 2 is 2.29 bits per heavy atom. The molecule has 5 nitrogen and oxygen atoms in total. The van der Waals surface area contributed by atoms with Crippen LogP contribution in [0.5, 0.6) is 0 Å². The van der Waals surface area contributed by atoms with Gasteiger partial charge in [-0.1, -0.05) is 0 Å². The molecule has 1 unspecified atom stereocenters. The second-order valence-electron chi connectivity index (χ2n) is 6.03. The Kier molecular flexibility index (Phi) is 4.87.